The Morgan fingerprint density at radius 2 is 2.13 bits per heavy atom. The van der Waals surface area contributed by atoms with E-state index in [1.165, 1.54) is 24.0 Å². The van der Waals surface area contributed by atoms with E-state index in [4.69, 9.17) is 0 Å². The van der Waals surface area contributed by atoms with Crippen LogP contribution < -0.4 is 0 Å². The summed E-state index contributed by atoms with van der Waals surface area (Å²) in [5.41, 5.74) is 3.49. The van der Waals surface area contributed by atoms with Crippen LogP contribution in [0.4, 0.5) is 0 Å². The molecule has 15 heavy (non-hydrogen) atoms. The van der Waals surface area contributed by atoms with Gasteiger partial charge in [0.1, 0.15) is 6.29 Å². The largest absolute Gasteiger partial charge is 0.303 e. The third-order valence-electron chi connectivity index (χ3n) is 4.25. The van der Waals surface area contributed by atoms with Crippen LogP contribution in [0.2, 0.25) is 0 Å². The zero-order chi connectivity index (χ0) is 11.6. The lowest BCUT2D eigenvalue weighted by Gasteiger charge is -2.39. The SMILES string of the molecule is CC1=C(CC(C)C=O)CCC(C)(C)[C@@H]1C. The summed E-state index contributed by atoms with van der Waals surface area (Å²) in [6.45, 7) is 11.3. The van der Waals surface area contributed by atoms with Gasteiger partial charge in [-0.3, -0.25) is 0 Å². The van der Waals surface area contributed by atoms with Gasteiger partial charge in [-0.2, -0.15) is 0 Å². The molecule has 0 spiro atoms. The van der Waals surface area contributed by atoms with E-state index >= 15 is 0 Å². The van der Waals surface area contributed by atoms with Crippen LogP contribution in [-0.2, 0) is 4.79 Å². The molecule has 1 unspecified atom stereocenters. The van der Waals surface area contributed by atoms with Crippen molar-refractivity contribution in [3.63, 3.8) is 0 Å². The summed E-state index contributed by atoms with van der Waals surface area (Å²) >= 11 is 0. The van der Waals surface area contributed by atoms with Gasteiger partial charge in [0.25, 0.3) is 0 Å². The van der Waals surface area contributed by atoms with Crippen LogP contribution in [0.1, 0.15) is 53.9 Å². The first-order valence-electron chi connectivity index (χ1n) is 6.02. The molecule has 1 rings (SSSR count). The maximum absolute atomic E-state index is 10.7. The molecule has 86 valence electrons. The van der Waals surface area contributed by atoms with Crippen molar-refractivity contribution in [1.82, 2.24) is 0 Å². The predicted molar refractivity (Wildman–Crippen MR) is 64.7 cm³/mol. The van der Waals surface area contributed by atoms with Crippen LogP contribution in [0.5, 0.6) is 0 Å². The molecule has 0 aromatic rings. The Morgan fingerprint density at radius 1 is 1.53 bits per heavy atom. The fraction of sp³-hybridized carbons (Fsp3) is 0.786. The van der Waals surface area contributed by atoms with E-state index in [-0.39, 0.29) is 5.92 Å². The monoisotopic (exact) mass is 208 g/mol. The van der Waals surface area contributed by atoms with Gasteiger partial charge in [-0.15, -0.1) is 0 Å². The molecule has 0 radical (unpaired) electrons. The van der Waals surface area contributed by atoms with E-state index in [1.807, 2.05) is 6.92 Å². The van der Waals surface area contributed by atoms with Crippen LogP contribution >= 0.6 is 0 Å². The van der Waals surface area contributed by atoms with Crippen molar-refractivity contribution in [3.8, 4) is 0 Å². The van der Waals surface area contributed by atoms with E-state index in [1.54, 1.807) is 0 Å². The van der Waals surface area contributed by atoms with Crippen molar-refractivity contribution in [2.24, 2.45) is 17.3 Å². The maximum atomic E-state index is 10.7. The summed E-state index contributed by atoms with van der Waals surface area (Å²) in [6.07, 6.45) is 4.48. The summed E-state index contributed by atoms with van der Waals surface area (Å²) in [5.74, 6) is 0.837. The fourth-order valence-electron chi connectivity index (χ4n) is 2.48. The standard InChI is InChI=1S/C14H24O/c1-10(9-15)8-13-6-7-14(4,5)12(3)11(13)2/h9-10,12H,6-8H2,1-5H3/t10?,12-/m1/s1. The van der Waals surface area contributed by atoms with E-state index in [2.05, 4.69) is 27.7 Å². The number of rotatable bonds is 3. The van der Waals surface area contributed by atoms with Gasteiger partial charge in [0.2, 0.25) is 0 Å². The molecule has 0 saturated carbocycles. The van der Waals surface area contributed by atoms with Crippen molar-refractivity contribution in [1.29, 1.82) is 0 Å². The van der Waals surface area contributed by atoms with Crippen LogP contribution in [0.3, 0.4) is 0 Å². The molecule has 1 aliphatic carbocycles. The summed E-state index contributed by atoms with van der Waals surface area (Å²) < 4.78 is 0. The lowest BCUT2D eigenvalue weighted by Crippen LogP contribution is -2.27. The van der Waals surface area contributed by atoms with Crippen molar-refractivity contribution in [3.05, 3.63) is 11.1 Å². The van der Waals surface area contributed by atoms with E-state index in [9.17, 15) is 4.79 Å². The Balaban J connectivity index is 2.82. The Morgan fingerprint density at radius 3 is 2.67 bits per heavy atom. The highest BCUT2D eigenvalue weighted by Crippen LogP contribution is 2.44. The van der Waals surface area contributed by atoms with Gasteiger partial charge in [-0.05, 0) is 37.5 Å². The molecule has 0 aliphatic heterocycles. The van der Waals surface area contributed by atoms with Crippen LogP contribution in [0, 0.1) is 17.3 Å². The van der Waals surface area contributed by atoms with Gasteiger partial charge >= 0.3 is 0 Å². The zero-order valence-corrected chi connectivity index (χ0v) is 10.8. The molecule has 1 heteroatoms. The normalized spacial score (nSPS) is 27.7. The number of carbonyl (C=O) groups is 1. The number of hydrogen-bond donors (Lipinski definition) is 0. The van der Waals surface area contributed by atoms with E-state index < -0.39 is 0 Å². The highest BCUT2D eigenvalue weighted by molar-refractivity contribution is 5.53. The van der Waals surface area contributed by atoms with Crippen molar-refractivity contribution in [2.75, 3.05) is 0 Å². The Bertz CT molecular complexity index is 273. The first-order chi connectivity index (χ1) is 6.88. The quantitative estimate of drug-likeness (QED) is 0.506. The fourth-order valence-corrected chi connectivity index (χ4v) is 2.48. The van der Waals surface area contributed by atoms with Gasteiger partial charge in [0, 0.05) is 5.92 Å². The lowest BCUT2D eigenvalue weighted by molar-refractivity contribution is -0.110. The Labute approximate surface area is 93.9 Å². The summed E-state index contributed by atoms with van der Waals surface area (Å²) in [5, 5.41) is 0. The predicted octanol–water partition coefficient (Wildman–Crippen LogP) is 3.98. The van der Waals surface area contributed by atoms with Crippen LogP contribution in [-0.4, -0.2) is 6.29 Å². The Hall–Kier alpha value is -0.590. The Kier molecular flexibility index (Phi) is 3.75. The van der Waals surface area contributed by atoms with Gasteiger partial charge in [0.15, 0.2) is 0 Å². The minimum atomic E-state index is 0.184. The van der Waals surface area contributed by atoms with Crippen LogP contribution in [0.25, 0.3) is 0 Å². The molecular weight excluding hydrogens is 184 g/mol. The summed E-state index contributed by atoms with van der Waals surface area (Å²) in [6, 6.07) is 0. The minimum Gasteiger partial charge on any atom is -0.303 e. The summed E-state index contributed by atoms with van der Waals surface area (Å²) in [7, 11) is 0. The number of carbonyl (C=O) groups excluding carboxylic acids is 1. The first-order valence-corrected chi connectivity index (χ1v) is 6.02. The number of aldehydes is 1. The van der Waals surface area contributed by atoms with Crippen molar-refractivity contribution in [2.45, 2.75) is 53.9 Å². The smallest absolute Gasteiger partial charge is 0.123 e. The molecule has 0 fully saturated rings. The highest BCUT2D eigenvalue weighted by atomic mass is 16.1. The number of allylic oxidation sites excluding steroid dienone is 2. The second-order valence-electron chi connectivity index (χ2n) is 5.81. The molecule has 0 aromatic heterocycles. The van der Waals surface area contributed by atoms with Gasteiger partial charge in [0.05, 0.1) is 0 Å². The summed E-state index contributed by atoms with van der Waals surface area (Å²) in [4.78, 5) is 10.7. The number of hydrogen-bond acceptors (Lipinski definition) is 1. The van der Waals surface area contributed by atoms with Gasteiger partial charge in [-0.25, -0.2) is 0 Å². The van der Waals surface area contributed by atoms with Crippen molar-refractivity contribution >= 4 is 6.29 Å². The third-order valence-corrected chi connectivity index (χ3v) is 4.25. The van der Waals surface area contributed by atoms with Gasteiger partial charge in [-0.1, -0.05) is 38.8 Å². The van der Waals surface area contributed by atoms with E-state index in [0.29, 0.717) is 11.3 Å². The molecule has 2 atom stereocenters. The second-order valence-corrected chi connectivity index (χ2v) is 5.81. The minimum absolute atomic E-state index is 0.184. The molecule has 0 bridgehead atoms. The molecule has 0 aromatic carbocycles. The molecule has 0 N–H and O–H groups in total. The highest BCUT2D eigenvalue weighted by Gasteiger charge is 2.32. The zero-order valence-electron chi connectivity index (χ0n) is 10.8. The molecule has 0 heterocycles. The average molecular weight is 208 g/mol. The average Bonchev–Trinajstić information content (AvgIpc) is 2.19. The topological polar surface area (TPSA) is 17.1 Å². The van der Waals surface area contributed by atoms with Crippen LogP contribution in [0.15, 0.2) is 11.1 Å². The van der Waals surface area contributed by atoms with Crippen molar-refractivity contribution < 1.29 is 4.79 Å². The molecule has 0 saturated heterocycles. The maximum Gasteiger partial charge on any atom is 0.123 e. The molecule has 1 nitrogen and oxygen atoms in total. The second kappa shape index (κ2) is 4.51. The molecule has 0 amide bonds. The molecular formula is C14H24O. The lowest BCUT2D eigenvalue weighted by atomic mass is 9.66. The van der Waals surface area contributed by atoms with Gasteiger partial charge < -0.3 is 4.79 Å². The van der Waals surface area contributed by atoms with E-state index in [0.717, 1.165) is 12.7 Å². The first kappa shape index (κ1) is 12.5. The molecule has 1 aliphatic rings. The third kappa shape index (κ3) is 2.70.